The van der Waals surface area contributed by atoms with Gasteiger partial charge < -0.3 is 19.7 Å². The van der Waals surface area contributed by atoms with E-state index in [2.05, 4.69) is 5.32 Å². The fourth-order valence-electron chi connectivity index (χ4n) is 5.10. The molecule has 0 aliphatic heterocycles. The molecule has 254 valence electrons. The summed E-state index contributed by atoms with van der Waals surface area (Å²) in [5.41, 5.74) is 1.59. The van der Waals surface area contributed by atoms with E-state index in [0.717, 1.165) is 22.0 Å². The van der Waals surface area contributed by atoms with Crippen LogP contribution in [0.2, 0.25) is 0 Å². The maximum Gasteiger partial charge on any atom is 0.264 e. The van der Waals surface area contributed by atoms with Crippen molar-refractivity contribution in [2.45, 2.75) is 57.1 Å². The summed E-state index contributed by atoms with van der Waals surface area (Å²) >= 11 is 0. The van der Waals surface area contributed by atoms with Crippen LogP contribution in [0, 0.1) is 5.82 Å². The molecule has 0 radical (unpaired) electrons. The normalized spacial score (nSPS) is 12.4. The molecule has 2 amide bonds. The molecule has 2 atom stereocenters. The number of halogens is 1. The molecule has 0 unspecified atom stereocenters. The Morgan fingerprint density at radius 2 is 1.52 bits per heavy atom. The van der Waals surface area contributed by atoms with Crippen LogP contribution in [-0.4, -0.2) is 57.5 Å². The number of amides is 2. The molecule has 4 rings (SSSR count). The van der Waals surface area contributed by atoms with Crippen LogP contribution in [0.4, 0.5) is 10.1 Å². The standard InChI is InChI=1S/C37H42FN3O6S/c1-5-27(3)39-37(43)35(24-28-11-8-7-9-12-28)40(25-29-13-10-14-33(23-29)46-4)36(42)26-41(31-17-15-30(38)16-18-31)48(44,45)34-21-19-32(20-22-34)47-6-2/h7-23,27,35H,5-6,24-26H2,1-4H3,(H,39,43)/t27-,35+/m1/s1. The summed E-state index contributed by atoms with van der Waals surface area (Å²) in [4.78, 5) is 29.9. The molecule has 0 bridgehead atoms. The number of anilines is 1. The van der Waals surface area contributed by atoms with Crippen molar-refractivity contribution in [3.63, 3.8) is 0 Å². The Hall–Kier alpha value is -4.90. The molecule has 0 heterocycles. The van der Waals surface area contributed by atoms with Crippen LogP contribution in [0.25, 0.3) is 0 Å². The largest absolute Gasteiger partial charge is 0.497 e. The van der Waals surface area contributed by atoms with Gasteiger partial charge in [-0.3, -0.25) is 13.9 Å². The number of sulfonamides is 1. The highest BCUT2D eigenvalue weighted by Crippen LogP contribution is 2.27. The molecule has 4 aromatic carbocycles. The molecule has 4 aromatic rings. The predicted octanol–water partition coefficient (Wildman–Crippen LogP) is 5.98. The van der Waals surface area contributed by atoms with E-state index in [4.69, 9.17) is 9.47 Å². The van der Waals surface area contributed by atoms with Crippen LogP contribution < -0.4 is 19.1 Å². The van der Waals surface area contributed by atoms with Crippen molar-refractivity contribution >= 4 is 27.5 Å². The van der Waals surface area contributed by atoms with Crippen LogP contribution >= 0.6 is 0 Å². The molecule has 11 heteroatoms. The summed E-state index contributed by atoms with van der Waals surface area (Å²) in [6, 6.07) is 26.0. The Morgan fingerprint density at radius 1 is 0.854 bits per heavy atom. The second-order valence-electron chi connectivity index (χ2n) is 11.3. The van der Waals surface area contributed by atoms with Crippen LogP contribution in [0.5, 0.6) is 11.5 Å². The highest BCUT2D eigenvalue weighted by Gasteiger charge is 2.35. The number of hydrogen-bond acceptors (Lipinski definition) is 6. The van der Waals surface area contributed by atoms with Gasteiger partial charge in [-0.2, -0.15) is 0 Å². The molecule has 9 nitrogen and oxygen atoms in total. The second-order valence-corrected chi connectivity index (χ2v) is 13.2. The highest BCUT2D eigenvalue weighted by molar-refractivity contribution is 7.92. The van der Waals surface area contributed by atoms with Gasteiger partial charge in [0.2, 0.25) is 11.8 Å². The van der Waals surface area contributed by atoms with Crippen molar-refractivity contribution in [3.8, 4) is 11.5 Å². The van der Waals surface area contributed by atoms with Crippen molar-refractivity contribution in [2.24, 2.45) is 0 Å². The average Bonchev–Trinajstić information content (AvgIpc) is 3.09. The zero-order valence-electron chi connectivity index (χ0n) is 27.6. The molecule has 0 fully saturated rings. The monoisotopic (exact) mass is 675 g/mol. The van der Waals surface area contributed by atoms with E-state index in [-0.39, 0.29) is 35.5 Å². The third-order valence-corrected chi connectivity index (χ3v) is 9.66. The first kappa shape index (κ1) is 35.9. The third kappa shape index (κ3) is 9.34. The molecule has 0 spiro atoms. The van der Waals surface area contributed by atoms with Gasteiger partial charge in [-0.15, -0.1) is 0 Å². The lowest BCUT2D eigenvalue weighted by Gasteiger charge is -2.34. The molecule has 0 aliphatic carbocycles. The van der Waals surface area contributed by atoms with Gasteiger partial charge in [0.05, 0.1) is 24.3 Å². The number of carbonyl (C=O) groups excluding carboxylic acids is 2. The topological polar surface area (TPSA) is 105 Å². The van der Waals surface area contributed by atoms with E-state index < -0.39 is 34.3 Å². The van der Waals surface area contributed by atoms with E-state index in [9.17, 15) is 22.4 Å². The average molecular weight is 676 g/mol. The SMILES string of the molecule is CCOc1ccc(S(=O)(=O)N(CC(=O)N(Cc2cccc(OC)c2)[C@@H](Cc2ccccc2)C(=O)N[C@H](C)CC)c2ccc(F)cc2)cc1. The Morgan fingerprint density at radius 3 is 2.15 bits per heavy atom. The fraction of sp³-hybridized carbons (Fsp3) is 0.297. The van der Waals surface area contributed by atoms with Crippen molar-refractivity contribution in [1.82, 2.24) is 10.2 Å². The summed E-state index contributed by atoms with van der Waals surface area (Å²) < 4.78 is 54.2. The Kier molecular flexibility index (Phi) is 12.6. The lowest BCUT2D eigenvalue weighted by atomic mass is 10.0. The summed E-state index contributed by atoms with van der Waals surface area (Å²) in [5, 5.41) is 3.01. The third-order valence-electron chi connectivity index (χ3n) is 7.88. The van der Waals surface area contributed by atoms with E-state index in [1.807, 2.05) is 57.2 Å². The van der Waals surface area contributed by atoms with Crippen molar-refractivity contribution in [1.29, 1.82) is 0 Å². The molecule has 1 N–H and O–H groups in total. The first-order chi connectivity index (χ1) is 23.0. The summed E-state index contributed by atoms with van der Waals surface area (Å²) in [6.45, 7) is 5.38. The predicted molar refractivity (Wildman–Crippen MR) is 184 cm³/mol. The number of hydrogen-bond donors (Lipinski definition) is 1. The number of benzene rings is 4. The first-order valence-corrected chi connectivity index (χ1v) is 17.3. The molecule has 0 saturated carbocycles. The Bertz CT molecular complexity index is 1750. The minimum absolute atomic E-state index is 0.0121. The number of nitrogens with zero attached hydrogens (tertiary/aromatic N) is 2. The first-order valence-electron chi connectivity index (χ1n) is 15.8. The quantitative estimate of drug-likeness (QED) is 0.157. The zero-order valence-corrected chi connectivity index (χ0v) is 28.5. The minimum atomic E-state index is -4.35. The van der Waals surface area contributed by atoms with E-state index >= 15 is 0 Å². The number of ether oxygens (including phenoxy) is 2. The zero-order chi connectivity index (χ0) is 34.7. The Labute approximate surface area is 282 Å². The van der Waals surface area contributed by atoms with Crippen molar-refractivity contribution in [3.05, 3.63) is 120 Å². The highest BCUT2D eigenvalue weighted by atomic mass is 32.2. The molecule has 0 aliphatic rings. The summed E-state index contributed by atoms with van der Waals surface area (Å²) in [6.07, 6.45) is 0.854. The molecule has 48 heavy (non-hydrogen) atoms. The smallest absolute Gasteiger partial charge is 0.264 e. The van der Waals surface area contributed by atoms with Crippen molar-refractivity contribution in [2.75, 3.05) is 24.6 Å². The second kappa shape index (κ2) is 16.8. The fourth-order valence-corrected chi connectivity index (χ4v) is 6.51. The van der Waals surface area contributed by atoms with Crippen molar-refractivity contribution < 1.29 is 31.9 Å². The summed E-state index contributed by atoms with van der Waals surface area (Å²) in [5.74, 6) is -0.507. The van der Waals surface area contributed by atoms with Gasteiger partial charge in [-0.1, -0.05) is 49.4 Å². The van der Waals surface area contributed by atoms with Gasteiger partial charge in [0.1, 0.15) is 29.9 Å². The number of nitrogens with one attached hydrogen (secondary N) is 1. The number of carbonyl (C=O) groups is 2. The maximum absolute atomic E-state index is 14.6. The number of methoxy groups -OCH3 is 1. The number of rotatable bonds is 16. The van der Waals surface area contributed by atoms with Crippen LogP contribution in [-0.2, 0) is 32.6 Å². The molecule has 0 saturated heterocycles. The maximum atomic E-state index is 14.6. The van der Waals surface area contributed by atoms with Gasteiger partial charge in [0.25, 0.3) is 10.0 Å². The van der Waals surface area contributed by atoms with Gasteiger partial charge in [0, 0.05) is 19.0 Å². The minimum Gasteiger partial charge on any atom is -0.497 e. The van der Waals surface area contributed by atoms with Crippen LogP contribution in [0.3, 0.4) is 0 Å². The van der Waals surface area contributed by atoms with E-state index in [1.165, 1.54) is 48.4 Å². The molecule has 0 aromatic heterocycles. The van der Waals surface area contributed by atoms with Gasteiger partial charge >= 0.3 is 0 Å². The van der Waals surface area contributed by atoms with E-state index in [0.29, 0.717) is 30.1 Å². The van der Waals surface area contributed by atoms with Gasteiger partial charge in [-0.25, -0.2) is 12.8 Å². The molecular weight excluding hydrogens is 633 g/mol. The lowest BCUT2D eigenvalue weighted by molar-refractivity contribution is -0.140. The summed E-state index contributed by atoms with van der Waals surface area (Å²) in [7, 11) is -2.82. The lowest BCUT2D eigenvalue weighted by Crippen LogP contribution is -2.54. The van der Waals surface area contributed by atoms with Gasteiger partial charge in [0.15, 0.2) is 0 Å². The van der Waals surface area contributed by atoms with Crippen LogP contribution in [0.1, 0.15) is 38.3 Å². The van der Waals surface area contributed by atoms with E-state index in [1.54, 1.807) is 18.2 Å². The van der Waals surface area contributed by atoms with Gasteiger partial charge in [-0.05, 0) is 92.1 Å². The Balaban J connectivity index is 1.80. The molecular formula is C37H42FN3O6S. The van der Waals surface area contributed by atoms with Crippen LogP contribution in [0.15, 0.2) is 108 Å².